The van der Waals surface area contributed by atoms with Crippen LogP contribution in [0.2, 0.25) is 0 Å². The molecule has 0 aliphatic carbocycles. The van der Waals surface area contributed by atoms with Crippen LogP contribution in [-0.2, 0) is 30.4 Å². The van der Waals surface area contributed by atoms with Crippen molar-refractivity contribution in [2.24, 2.45) is 0 Å². The van der Waals surface area contributed by atoms with Crippen molar-refractivity contribution < 1.29 is 33.7 Å². The molecule has 3 N–H and O–H groups in total. The molecule has 0 spiro atoms. The van der Waals surface area contributed by atoms with Crippen LogP contribution in [0, 0.1) is 0 Å². The highest BCUT2D eigenvalue weighted by molar-refractivity contribution is 5.96. The highest BCUT2D eigenvalue weighted by atomic mass is 16.5. The maximum absolute atomic E-state index is 12.9. The molecule has 9 heteroatoms. The third-order valence-electron chi connectivity index (χ3n) is 4.85. The summed E-state index contributed by atoms with van der Waals surface area (Å²) in [6.07, 6.45) is 0.332. The van der Waals surface area contributed by atoms with Crippen molar-refractivity contribution in [3.05, 3.63) is 35.4 Å². The monoisotopic (exact) mass is 436 g/mol. The minimum atomic E-state index is -1.46. The second-order valence-electron chi connectivity index (χ2n) is 7.19. The molecule has 0 fully saturated rings. The predicted molar refractivity (Wildman–Crippen MR) is 112 cm³/mol. The van der Waals surface area contributed by atoms with Gasteiger partial charge in [-0.05, 0) is 37.8 Å². The number of carbonyl (C=O) groups excluding carboxylic acids is 3. The number of hydrogen-bond donors (Lipinski definition) is 3. The maximum atomic E-state index is 12.9. The summed E-state index contributed by atoms with van der Waals surface area (Å²) >= 11 is 0. The summed E-state index contributed by atoms with van der Waals surface area (Å²) in [5.41, 5.74) is 1.14. The van der Waals surface area contributed by atoms with Gasteiger partial charge in [0, 0.05) is 18.7 Å². The summed E-state index contributed by atoms with van der Waals surface area (Å²) < 4.78 is 15.9. The van der Waals surface area contributed by atoms with Gasteiger partial charge in [0.15, 0.2) is 6.10 Å². The summed E-state index contributed by atoms with van der Waals surface area (Å²) in [5.74, 6) is -1.46. The molecule has 1 heterocycles. The Morgan fingerprint density at radius 1 is 1.23 bits per heavy atom. The maximum Gasteiger partial charge on any atom is 0.307 e. The first-order valence-electron chi connectivity index (χ1n) is 10.7. The van der Waals surface area contributed by atoms with E-state index in [1.54, 1.807) is 25.1 Å². The number of rotatable bonds is 6. The Bertz CT molecular complexity index is 726. The predicted octanol–water partition coefficient (Wildman–Crippen LogP) is 0.932. The van der Waals surface area contributed by atoms with Crippen LogP contribution in [0.4, 0.5) is 0 Å². The van der Waals surface area contributed by atoms with Crippen LogP contribution >= 0.6 is 0 Å². The number of hydrogen-bond acceptors (Lipinski definition) is 7. The van der Waals surface area contributed by atoms with Gasteiger partial charge < -0.3 is 30.0 Å². The molecule has 1 aliphatic rings. The van der Waals surface area contributed by atoms with Crippen LogP contribution in [0.5, 0.6) is 0 Å². The van der Waals surface area contributed by atoms with Crippen molar-refractivity contribution >= 4 is 17.8 Å². The number of fused-ring (bicyclic) bond motifs is 1. The average molecular weight is 437 g/mol. The Labute approximate surface area is 182 Å². The molecular formula is C22H32N2O7. The number of amides is 2. The molecule has 1 unspecified atom stereocenters. The Morgan fingerprint density at radius 2 is 2.00 bits per heavy atom. The molecule has 2 amide bonds. The van der Waals surface area contributed by atoms with Gasteiger partial charge >= 0.3 is 5.97 Å². The Hall–Kier alpha value is -2.49. The SMILES string of the molecule is CCOC(=O)CCNC(=O)C(O)[C@@H]1CCCCOCCOCc2ccccc2C(=O)N1. The van der Waals surface area contributed by atoms with Crippen LogP contribution in [-0.4, -0.2) is 68.0 Å². The van der Waals surface area contributed by atoms with Gasteiger partial charge in [-0.1, -0.05) is 18.2 Å². The van der Waals surface area contributed by atoms with Gasteiger partial charge in [-0.25, -0.2) is 0 Å². The number of esters is 1. The van der Waals surface area contributed by atoms with Gasteiger partial charge in [0.2, 0.25) is 0 Å². The van der Waals surface area contributed by atoms with E-state index in [1.807, 2.05) is 6.07 Å². The topological polar surface area (TPSA) is 123 Å². The van der Waals surface area contributed by atoms with Gasteiger partial charge in [-0.2, -0.15) is 0 Å². The first kappa shape index (κ1) is 24.8. The van der Waals surface area contributed by atoms with E-state index in [2.05, 4.69) is 10.6 Å². The van der Waals surface area contributed by atoms with Gasteiger partial charge in [-0.15, -0.1) is 0 Å². The lowest BCUT2D eigenvalue weighted by Crippen LogP contribution is -2.51. The third kappa shape index (κ3) is 8.64. The molecule has 9 nitrogen and oxygen atoms in total. The zero-order chi connectivity index (χ0) is 22.5. The Balaban J connectivity index is 2.05. The van der Waals surface area contributed by atoms with Crippen LogP contribution < -0.4 is 10.6 Å². The first-order valence-corrected chi connectivity index (χ1v) is 10.7. The number of aliphatic hydroxyl groups excluding tert-OH is 1. The Morgan fingerprint density at radius 3 is 2.81 bits per heavy atom. The number of carbonyl (C=O) groups is 3. The van der Waals surface area contributed by atoms with Gasteiger partial charge in [-0.3, -0.25) is 14.4 Å². The molecular weight excluding hydrogens is 404 g/mol. The van der Waals surface area contributed by atoms with E-state index in [0.717, 1.165) is 6.42 Å². The second kappa shape index (κ2) is 13.7. The molecule has 1 aromatic carbocycles. The minimum Gasteiger partial charge on any atom is -0.466 e. The first-order chi connectivity index (χ1) is 15.0. The summed E-state index contributed by atoms with van der Waals surface area (Å²) in [6, 6.07) is 6.26. The van der Waals surface area contributed by atoms with Crippen molar-refractivity contribution in [3.63, 3.8) is 0 Å². The Kier molecular flexibility index (Phi) is 11.0. The summed E-state index contributed by atoms with van der Waals surface area (Å²) in [7, 11) is 0. The lowest BCUT2D eigenvalue weighted by Gasteiger charge is -2.24. The fourth-order valence-corrected chi connectivity index (χ4v) is 3.20. The van der Waals surface area contributed by atoms with Crippen molar-refractivity contribution in [2.45, 2.75) is 51.4 Å². The van der Waals surface area contributed by atoms with E-state index in [9.17, 15) is 19.5 Å². The standard InChI is InChI=1S/C22H32N2O7/c1-2-31-19(25)10-11-23-22(28)20(26)18-9-5-6-12-29-13-14-30-15-16-7-3-4-8-17(16)21(27)24-18/h3-4,7-8,18,20,26H,2,5-6,9-15H2,1H3,(H,23,28)(H,24,27)/t18-,20?/m0/s1. The molecule has 0 radical (unpaired) electrons. The van der Waals surface area contributed by atoms with Crippen molar-refractivity contribution in [3.8, 4) is 0 Å². The molecule has 2 atom stereocenters. The lowest BCUT2D eigenvalue weighted by atomic mass is 10.0. The molecule has 0 saturated carbocycles. The molecule has 1 aromatic rings. The van der Waals surface area contributed by atoms with E-state index >= 15 is 0 Å². The van der Waals surface area contributed by atoms with Gasteiger partial charge in [0.1, 0.15) is 0 Å². The smallest absolute Gasteiger partial charge is 0.307 e. The van der Waals surface area contributed by atoms with Crippen LogP contribution in [0.1, 0.15) is 48.5 Å². The third-order valence-corrected chi connectivity index (χ3v) is 4.85. The zero-order valence-electron chi connectivity index (χ0n) is 17.9. The van der Waals surface area contributed by atoms with E-state index < -0.39 is 24.0 Å². The highest BCUT2D eigenvalue weighted by Crippen LogP contribution is 2.13. The summed E-state index contributed by atoms with van der Waals surface area (Å²) in [6.45, 7) is 3.69. The van der Waals surface area contributed by atoms with Crippen molar-refractivity contribution in [1.82, 2.24) is 10.6 Å². The van der Waals surface area contributed by atoms with Gasteiger partial charge in [0.25, 0.3) is 11.8 Å². The molecule has 0 aromatic heterocycles. The second-order valence-corrected chi connectivity index (χ2v) is 7.19. The molecule has 31 heavy (non-hydrogen) atoms. The van der Waals surface area contributed by atoms with E-state index in [4.69, 9.17) is 14.2 Å². The molecule has 172 valence electrons. The quantitative estimate of drug-likeness (QED) is 0.567. The fraction of sp³-hybridized carbons (Fsp3) is 0.591. The highest BCUT2D eigenvalue weighted by Gasteiger charge is 2.28. The van der Waals surface area contributed by atoms with Gasteiger partial charge in [0.05, 0.1) is 38.9 Å². The van der Waals surface area contributed by atoms with E-state index in [1.165, 1.54) is 0 Å². The average Bonchev–Trinajstić information content (AvgIpc) is 2.76. The van der Waals surface area contributed by atoms with E-state index in [-0.39, 0.29) is 32.1 Å². The molecule has 0 bridgehead atoms. The van der Waals surface area contributed by atoms with Crippen molar-refractivity contribution in [2.75, 3.05) is 33.0 Å². The fourth-order valence-electron chi connectivity index (χ4n) is 3.20. The lowest BCUT2D eigenvalue weighted by molar-refractivity contribution is -0.143. The molecule has 2 rings (SSSR count). The van der Waals surface area contributed by atoms with Crippen LogP contribution in [0.25, 0.3) is 0 Å². The molecule has 0 saturated heterocycles. The zero-order valence-corrected chi connectivity index (χ0v) is 17.9. The minimum absolute atomic E-state index is 0.00798. The molecule has 1 aliphatic heterocycles. The van der Waals surface area contributed by atoms with Crippen molar-refractivity contribution in [1.29, 1.82) is 0 Å². The van der Waals surface area contributed by atoms with Crippen LogP contribution in [0.15, 0.2) is 24.3 Å². The summed E-state index contributed by atoms with van der Waals surface area (Å²) in [5, 5.41) is 15.9. The number of nitrogens with one attached hydrogen (secondary N) is 2. The number of ether oxygens (including phenoxy) is 3. The van der Waals surface area contributed by atoms with E-state index in [0.29, 0.717) is 43.8 Å². The number of benzene rings is 1. The largest absolute Gasteiger partial charge is 0.466 e. The van der Waals surface area contributed by atoms with Crippen LogP contribution in [0.3, 0.4) is 0 Å². The summed E-state index contributed by atoms with van der Waals surface area (Å²) in [4.78, 5) is 36.7. The normalized spacial score (nSPS) is 19.3. The number of aliphatic hydroxyl groups is 1.